The molecular formula is C17H29N3O. The van der Waals surface area contributed by atoms with Crippen LogP contribution in [0.15, 0.2) is 6.20 Å². The van der Waals surface area contributed by atoms with Crippen LogP contribution in [-0.2, 0) is 23.2 Å². The highest BCUT2D eigenvalue weighted by atomic mass is 16.5. The van der Waals surface area contributed by atoms with Crippen molar-refractivity contribution < 1.29 is 4.74 Å². The topological polar surface area (TPSA) is 47.0 Å². The molecule has 1 aromatic heterocycles. The second-order valence-electron chi connectivity index (χ2n) is 5.99. The molecule has 1 aliphatic carbocycles. The van der Waals surface area contributed by atoms with E-state index < -0.39 is 0 Å². The van der Waals surface area contributed by atoms with Gasteiger partial charge in [-0.2, -0.15) is 0 Å². The van der Waals surface area contributed by atoms with Gasteiger partial charge in [-0.05, 0) is 56.7 Å². The lowest BCUT2D eigenvalue weighted by Crippen LogP contribution is -2.32. The second kappa shape index (κ2) is 7.32. The van der Waals surface area contributed by atoms with E-state index in [4.69, 9.17) is 9.72 Å². The van der Waals surface area contributed by atoms with Crippen LogP contribution in [0.2, 0.25) is 0 Å². The van der Waals surface area contributed by atoms with Crippen molar-refractivity contribution in [3.8, 4) is 0 Å². The molecule has 0 spiro atoms. The molecule has 21 heavy (non-hydrogen) atoms. The van der Waals surface area contributed by atoms with E-state index in [-0.39, 0.29) is 5.60 Å². The van der Waals surface area contributed by atoms with Gasteiger partial charge in [0.1, 0.15) is 5.60 Å². The van der Waals surface area contributed by atoms with Crippen LogP contribution in [-0.4, -0.2) is 30.2 Å². The van der Waals surface area contributed by atoms with E-state index in [1.807, 2.05) is 6.20 Å². The molecule has 0 fully saturated rings. The van der Waals surface area contributed by atoms with Crippen molar-refractivity contribution in [2.75, 3.05) is 20.2 Å². The minimum Gasteiger partial charge on any atom is -0.370 e. The lowest BCUT2D eigenvalue weighted by atomic mass is 9.86. The molecular weight excluding hydrogens is 262 g/mol. The number of fused-ring (bicyclic) bond motifs is 1. The summed E-state index contributed by atoms with van der Waals surface area (Å²) in [7, 11) is 1.77. The van der Waals surface area contributed by atoms with Gasteiger partial charge in [-0.15, -0.1) is 0 Å². The van der Waals surface area contributed by atoms with Gasteiger partial charge in [-0.3, -0.25) is 0 Å². The smallest absolute Gasteiger partial charge is 0.160 e. The molecule has 118 valence electrons. The first kappa shape index (κ1) is 16.4. The Kier molecular flexibility index (Phi) is 5.71. The van der Waals surface area contributed by atoms with Crippen molar-refractivity contribution >= 4 is 0 Å². The van der Waals surface area contributed by atoms with Gasteiger partial charge in [-0.1, -0.05) is 20.8 Å². The molecule has 0 aromatic carbocycles. The summed E-state index contributed by atoms with van der Waals surface area (Å²) >= 11 is 0. The van der Waals surface area contributed by atoms with E-state index in [9.17, 15) is 0 Å². The molecule has 0 bridgehead atoms. The molecule has 0 aliphatic heterocycles. The Hall–Kier alpha value is -1.00. The Bertz CT molecular complexity index is 449. The van der Waals surface area contributed by atoms with Crippen LogP contribution in [0.5, 0.6) is 0 Å². The largest absolute Gasteiger partial charge is 0.370 e. The van der Waals surface area contributed by atoms with E-state index in [1.54, 1.807) is 7.11 Å². The van der Waals surface area contributed by atoms with Gasteiger partial charge in [0.2, 0.25) is 0 Å². The molecule has 4 heteroatoms. The van der Waals surface area contributed by atoms with Crippen molar-refractivity contribution in [1.82, 2.24) is 15.3 Å². The monoisotopic (exact) mass is 291 g/mol. The molecule has 0 radical (unpaired) electrons. The number of rotatable bonds is 7. The molecule has 1 aliphatic rings. The standard InChI is InChI=1S/C17H29N3O/c1-5-17(6-2,21-4)16-19-12-14-10-13(11-18-7-3)8-9-15(14)20-16/h12-13,18H,5-11H2,1-4H3. The molecule has 0 saturated carbocycles. The maximum absolute atomic E-state index is 5.75. The van der Waals surface area contributed by atoms with Gasteiger partial charge < -0.3 is 10.1 Å². The Morgan fingerprint density at radius 2 is 2.10 bits per heavy atom. The second-order valence-corrected chi connectivity index (χ2v) is 5.99. The Labute approximate surface area is 128 Å². The average Bonchev–Trinajstić information content (AvgIpc) is 2.55. The minimum atomic E-state index is -0.324. The molecule has 4 nitrogen and oxygen atoms in total. The predicted octanol–water partition coefficient (Wildman–Crippen LogP) is 2.85. The maximum atomic E-state index is 5.75. The summed E-state index contributed by atoms with van der Waals surface area (Å²) in [5, 5.41) is 3.45. The zero-order valence-electron chi connectivity index (χ0n) is 13.9. The third kappa shape index (κ3) is 3.43. The van der Waals surface area contributed by atoms with Gasteiger partial charge in [0, 0.05) is 19.0 Å². The number of aromatic nitrogens is 2. The number of aryl methyl sites for hydroxylation is 1. The fraction of sp³-hybridized carbons (Fsp3) is 0.765. The zero-order valence-corrected chi connectivity index (χ0v) is 13.9. The predicted molar refractivity (Wildman–Crippen MR) is 85.4 cm³/mol. The summed E-state index contributed by atoms with van der Waals surface area (Å²) < 4.78 is 5.75. The summed E-state index contributed by atoms with van der Waals surface area (Å²) in [5.74, 6) is 1.58. The van der Waals surface area contributed by atoms with Gasteiger partial charge >= 0.3 is 0 Å². The number of hydrogen-bond donors (Lipinski definition) is 1. The minimum absolute atomic E-state index is 0.324. The van der Waals surface area contributed by atoms with Crippen molar-refractivity contribution in [2.24, 2.45) is 5.92 Å². The Morgan fingerprint density at radius 1 is 1.33 bits per heavy atom. The number of methoxy groups -OCH3 is 1. The van der Waals surface area contributed by atoms with Gasteiger partial charge in [0.25, 0.3) is 0 Å². The highest BCUT2D eigenvalue weighted by Crippen LogP contribution is 2.31. The molecule has 1 N–H and O–H groups in total. The van der Waals surface area contributed by atoms with Crippen LogP contribution in [0.25, 0.3) is 0 Å². The molecule has 1 aromatic rings. The van der Waals surface area contributed by atoms with Gasteiger partial charge in [0.15, 0.2) is 5.82 Å². The summed E-state index contributed by atoms with van der Waals surface area (Å²) in [6.07, 6.45) is 7.22. The van der Waals surface area contributed by atoms with Crippen LogP contribution in [0, 0.1) is 5.92 Å². The lowest BCUT2D eigenvalue weighted by molar-refractivity contribution is -0.0294. The molecule has 2 rings (SSSR count). The normalized spacial score (nSPS) is 18.6. The van der Waals surface area contributed by atoms with Crippen molar-refractivity contribution in [3.05, 3.63) is 23.3 Å². The molecule has 1 heterocycles. The lowest BCUT2D eigenvalue weighted by Gasteiger charge is -2.30. The first-order valence-electron chi connectivity index (χ1n) is 8.30. The maximum Gasteiger partial charge on any atom is 0.160 e. The number of nitrogens with one attached hydrogen (secondary N) is 1. The highest BCUT2D eigenvalue weighted by Gasteiger charge is 2.32. The first-order chi connectivity index (χ1) is 10.2. The third-order valence-corrected chi connectivity index (χ3v) is 4.88. The summed E-state index contributed by atoms with van der Waals surface area (Å²) in [5.41, 5.74) is 2.23. The summed E-state index contributed by atoms with van der Waals surface area (Å²) in [4.78, 5) is 9.49. The van der Waals surface area contributed by atoms with E-state index in [0.717, 1.165) is 50.5 Å². The van der Waals surface area contributed by atoms with Crippen molar-refractivity contribution in [2.45, 2.75) is 58.5 Å². The van der Waals surface area contributed by atoms with E-state index in [0.29, 0.717) is 0 Å². The Morgan fingerprint density at radius 3 is 2.71 bits per heavy atom. The van der Waals surface area contributed by atoms with E-state index in [1.165, 1.54) is 17.7 Å². The zero-order chi connectivity index (χ0) is 15.3. The quantitative estimate of drug-likeness (QED) is 0.839. The highest BCUT2D eigenvalue weighted by molar-refractivity contribution is 5.23. The first-order valence-corrected chi connectivity index (χ1v) is 8.30. The molecule has 1 unspecified atom stereocenters. The van der Waals surface area contributed by atoms with Crippen LogP contribution >= 0.6 is 0 Å². The van der Waals surface area contributed by atoms with Crippen LogP contribution in [0.1, 0.15) is 57.1 Å². The van der Waals surface area contributed by atoms with Gasteiger partial charge in [0.05, 0.1) is 0 Å². The number of hydrogen-bond acceptors (Lipinski definition) is 4. The number of nitrogens with zero attached hydrogens (tertiary/aromatic N) is 2. The Balaban J connectivity index is 2.18. The van der Waals surface area contributed by atoms with Crippen LogP contribution in [0.4, 0.5) is 0 Å². The van der Waals surface area contributed by atoms with Gasteiger partial charge in [-0.25, -0.2) is 9.97 Å². The fourth-order valence-corrected chi connectivity index (χ4v) is 3.27. The SMILES string of the molecule is CCNCC1CCc2nc(C(CC)(CC)OC)ncc2C1. The van der Waals surface area contributed by atoms with Crippen LogP contribution in [0.3, 0.4) is 0 Å². The molecule has 0 saturated heterocycles. The molecule has 0 amide bonds. The van der Waals surface area contributed by atoms with Crippen molar-refractivity contribution in [1.29, 1.82) is 0 Å². The summed E-state index contributed by atoms with van der Waals surface area (Å²) in [6.45, 7) is 8.59. The molecule has 1 atom stereocenters. The summed E-state index contributed by atoms with van der Waals surface area (Å²) in [6, 6.07) is 0. The van der Waals surface area contributed by atoms with Crippen LogP contribution < -0.4 is 5.32 Å². The van der Waals surface area contributed by atoms with E-state index >= 15 is 0 Å². The number of ether oxygens (including phenoxy) is 1. The third-order valence-electron chi connectivity index (χ3n) is 4.88. The van der Waals surface area contributed by atoms with E-state index in [2.05, 4.69) is 31.1 Å². The average molecular weight is 291 g/mol. The van der Waals surface area contributed by atoms with Crippen molar-refractivity contribution in [3.63, 3.8) is 0 Å². The fourth-order valence-electron chi connectivity index (χ4n) is 3.27.